The molecule has 3 rings (SSSR count). The second-order valence-electron chi connectivity index (χ2n) is 5.64. The molecular weight excluding hydrogens is 384 g/mol. The number of carbonyl (C=O) groups excluding carboxylic acids is 1. The van der Waals surface area contributed by atoms with Gasteiger partial charge in [-0.2, -0.15) is 0 Å². The van der Waals surface area contributed by atoms with Crippen molar-refractivity contribution in [1.82, 2.24) is 0 Å². The van der Waals surface area contributed by atoms with Gasteiger partial charge in [-0.1, -0.05) is 24.3 Å². The topological polar surface area (TPSA) is 116 Å². The minimum absolute atomic E-state index is 0.0915. The van der Waals surface area contributed by atoms with Crippen LogP contribution < -0.4 is 9.46 Å². The number of carbonyl (C=O) groups is 1. The number of ether oxygens (including phenoxy) is 1. The Labute approximate surface area is 160 Å². The Morgan fingerprint density at radius 2 is 1.61 bits per heavy atom. The van der Waals surface area contributed by atoms with Gasteiger partial charge in [0, 0.05) is 17.8 Å². The number of sulfonamides is 1. The molecule has 0 radical (unpaired) electrons. The zero-order valence-electron chi connectivity index (χ0n) is 14.3. The van der Waals surface area contributed by atoms with E-state index in [0.717, 1.165) is 0 Å². The van der Waals surface area contributed by atoms with Crippen molar-refractivity contribution in [2.75, 3.05) is 4.72 Å². The average Bonchev–Trinajstić information content (AvgIpc) is 2.69. The molecule has 0 heterocycles. The highest BCUT2D eigenvalue weighted by Gasteiger charge is 2.15. The second kappa shape index (κ2) is 7.89. The van der Waals surface area contributed by atoms with Gasteiger partial charge >= 0.3 is 5.97 Å². The lowest BCUT2D eigenvalue weighted by atomic mass is 10.2. The molecule has 28 heavy (non-hydrogen) atoms. The van der Waals surface area contributed by atoms with E-state index in [1.54, 1.807) is 18.2 Å². The fourth-order valence-corrected chi connectivity index (χ4v) is 3.40. The number of benzene rings is 3. The Morgan fingerprint density at radius 3 is 2.25 bits per heavy atom. The average molecular weight is 398 g/mol. The third-order valence-corrected chi connectivity index (χ3v) is 5.06. The van der Waals surface area contributed by atoms with E-state index >= 15 is 0 Å². The molecule has 0 saturated carbocycles. The van der Waals surface area contributed by atoms with Crippen LogP contribution in [0, 0.1) is 10.1 Å². The van der Waals surface area contributed by atoms with Crippen molar-refractivity contribution in [1.29, 1.82) is 0 Å². The molecule has 1 N–H and O–H groups in total. The van der Waals surface area contributed by atoms with E-state index in [9.17, 15) is 23.3 Å². The molecule has 0 spiro atoms. The highest BCUT2D eigenvalue weighted by molar-refractivity contribution is 7.92. The van der Waals surface area contributed by atoms with Crippen molar-refractivity contribution < 1.29 is 22.9 Å². The summed E-state index contributed by atoms with van der Waals surface area (Å²) in [4.78, 5) is 22.5. The molecule has 3 aromatic rings. The largest absolute Gasteiger partial charge is 0.423 e. The van der Waals surface area contributed by atoms with Gasteiger partial charge in [-0.25, -0.2) is 13.2 Å². The number of non-ortho nitro benzene ring substituents is 1. The predicted molar refractivity (Wildman–Crippen MR) is 102 cm³/mol. The smallest absolute Gasteiger partial charge is 0.343 e. The van der Waals surface area contributed by atoms with Crippen molar-refractivity contribution in [2.24, 2.45) is 0 Å². The van der Waals surface area contributed by atoms with Gasteiger partial charge in [0.05, 0.1) is 15.4 Å². The number of nitrogens with zero attached hydrogens (tertiary/aromatic N) is 1. The fourth-order valence-electron chi connectivity index (χ4n) is 2.33. The summed E-state index contributed by atoms with van der Waals surface area (Å²) in [5.74, 6) is -0.597. The van der Waals surface area contributed by atoms with E-state index in [2.05, 4.69) is 4.72 Å². The number of esters is 1. The molecule has 0 aliphatic carbocycles. The molecule has 8 nitrogen and oxygen atoms in total. The van der Waals surface area contributed by atoms with Crippen LogP contribution in [-0.4, -0.2) is 19.3 Å². The molecule has 0 unspecified atom stereocenters. The molecule has 0 aliphatic rings. The number of rotatable bonds is 6. The van der Waals surface area contributed by atoms with Crippen molar-refractivity contribution in [3.8, 4) is 5.75 Å². The third kappa shape index (κ3) is 4.51. The molecular formula is C19H14N2O6S. The summed E-state index contributed by atoms with van der Waals surface area (Å²) in [5, 5.41) is 10.7. The second-order valence-corrected chi connectivity index (χ2v) is 7.32. The van der Waals surface area contributed by atoms with Gasteiger partial charge in [0.25, 0.3) is 15.7 Å². The van der Waals surface area contributed by atoms with E-state index in [1.165, 1.54) is 60.7 Å². The SMILES string of the molecule is O=C(Oc1ccc([N+](=O)[O-])cc1)c1cccc(NS(=O)(=O)c2ccccc2)c1. The van der Waals surface area contributed by atoms with Crippen molar-refractivity contribution in [3.63, 3.8) is 0 Å². The van der Waals surface area contributed by atoms with Gasteiger partial charge < -0.3 is 4.74 Å². The standard InChI is InChI=1S/C19H14N2O6S/c22-19(27-17-11-9-16(10-12-17)21(23)24)14-5-4-6-15(13-14)20-28(25,26)18-7-2-1-3-8-18/h1-13,20H. The Hall–Kier alpha value is -3.72. The Bertz CT molecular complexity index is 1110. The quantitative estimate of drug-likeness (QED) is 0.293. The van der Waals surface area contributed by atoms with Crippen molar-refractivity contribution in [3.05, 3.63) is 94.5 Å². The monoisotopic (exact) mass is 398 g/mol. The van der Waals surface area contributed by atoms with Crippen molar-refractivity contribution >= 4 is 27.4 Å². The molecule has 142 valence electrons. The number of hydrogen-bond donors (Lipinski definition) is 1. The van der Waals surface area contributed by atoms with Gasteiger partial charge in [0.2, 0.25) is 0 Å². The summed E-state index contributed by atoms with van der Waals surface area (Å²) in [6.07, 6.45) is 0. The normalized spacial score (nSPS) is 10.9. The third-order valence-electron chi connectivity index (χ3n) is 3.66. The van der Waals surface area contributed by atoms with E-state index < -0.39 is 20.9 Å². The van der Waals surface area contributed by atoms with E-state index in [0.29, 0.717) is 0 Å². The number of anilines is 1. The van der Waals surface area contributed by atoms with Crippen LogP contribution in [0.3, 0.4) is 0 Å². The molecule has 3 aromatic carbocycles. The number of nitro groups is 1. The summed E-state index contributed by atoms with van der Waals surface area (Å²) >= 11 is 0. The van der Waals surface area contributed by atoms with Crippen LogP contribution in [0.2, 0.25) is 0 Å². The molecule has 9 heteroatoms. The van der Waals surface area contributed by atoms with Gasteiger partial charge in [-0.05, 0) is 42.5 Å². The summed E-state index contributed by atoms with van der Waals surface area (Å²) in [7, 11) is -3.79. The number of nitrogens with one attached hydrogen (secondary N) is 1. The minimum atomic E-state index is -3.79. The molecule has 0 bridgehead atoms. The van der Waals surface area contributed by atoms with Gasteiger partial charge in [0.15, 0.2) is 0 Å². The Balaban J connectivity index is 1.75. The Morgan fingerprint density at radius 1 is 0.929 bits per heavy atom. The first-order valence-corrected chi connectivity index (χ1v) is 9.48. The van der Waals surface area contributed by atoms with E-state index in [4.69, 9.17) is 4.74 Å². The summed E-state index contributed by atoms with van der Waals surface area (Å²) in [6, 6.07) is 18.7. The minimum Gasteiger partial charge on any atom is -0.423 e. The van der Waals surface area contributed by atoms with Crippen LogP contribution in [0.25, 0.3) is 0 Å². The lowest BCUT2D eigenvalue weighted by molar-refractivity contribution is -0.384. The van der Waals surface area contributed by atoms with Crippen LogP contribution in [0.5, 0.6) is 5.75 Å². The van der Waals surface area contributed by atoms with Crippen LogP contribution in [0.1, 0.15) is 10.4 Å². The first-order chi connectivity index (χ1) is 13.3. The van der Waals surface area contributed by atoms with Gasteiger partial charge in [-0.3, -0.25) is 14.8 Å². The van der Waals surface area contributed by atoms with Crippen LogP contribution in [0.4, 0.5) is 11.4 Å². The molecule has 0 aliphatic heterocycles. The molecule has 0 amide bonds. The van der Waals surface area contributed by atoms with E-state index in [-0.39, 0.29) is 27.6 Å². The maximum Gasteiger partial charge on any atom is 0.343 e. The first kappa shape index (κ1) is 19.1. The number of hydrogen-bond acceptors (Lipinski definition) is 6. The fraction of sp³-hybridized carbons (Fsp3) is 0. The highest BCUT2D eigenvalue weighted by Crippen LogP contribution is 2.20. The van der Waals surface area contributed by atoms with Gasteiger partial charge in [0.1, 0.15) is 5.75 Å². The highest BCUT2D eigenvalue weighted by atomic mass is 32.2. The van der Waals surface area contributed by atoms with Gasteiger partial charge in [-0.15, -0.1) is 0 Å². The van der Waals surface area contributed by atoms with Crippen LogP contribution in [0.15, 0.2) is 83.8 Å². The molecule has 0 aromatic heterocycles. The molecule has 0 saturated heterocycles. The summed E-state index contributed by atoms with van der Waals surface area (Å²) in [6.45, 7) is 0. The number of nitro benzene ring substituents is 1. The summed E-state index contributed by atoms with van der Waals surface area (Å²) < 4.78 is 32.3. The maximum atomic E-state index is 12.4. The molecule has 0 fully saturated rings. The van der Waals surface area contributed by atoms with E-state index in [1.807, 2.05) is 0 Å². The first-order valence-electron chi connectivity index (χ1n) is 8.00. The van der Waals surface area contributed by atoms with Crippen LogP contribution >= 0.6 is 0 Å². The Kier molecular flexibility index (Phi) is 5.37. The van der Waals surface area contributed by atoms with Crippen LogP contribution in [-0.2, 0) is 10.0 Å². The van der Waals surface area contributed by atoms with Crippen molar-refractivity contribution in [2.45, 2.75) is 4.90 Å². The maximum absolute atomic E-state index is 12.4. The summed E-state index contributed by atoms with van der Waals surface area (Å²) in [5.41, 5.74) is 0.186. The predicted octanol–water partition coefficient (Wildman–Crippen LogP) is 3.61. The molecule has 0 atom stereocenters. The lowest BCUT2D eigenvalue weighted by Gasteiger charge is -2.09. The lowest BCUT2D eigenvalue weighted by Crippen LogP contribution is -2.14. The zero-order valence-corrected chi connectivity index (χ0v) is 15.1. The zero-order chi connectivity index (χ0) is 20.1.